The van der Waals surface area contributed by atoms with Gasteiger partial charge < -0.3 is 10.1 Å². The van der Waals surface area contributed by atoms with E-state index in [1.165, 1.54) is 11.3 Å². The molecule has 1 amide bonds. The van der Waals surface area contributed by atoms with E-state index in [9.17, 15) is 9.59 Å². The average molecular weight is 413 g/mol. The highest BCUT2D eigenvalue weighted by Crippen LogP contribution is 2.32. The van der Waals surface area contributed by atoms with E-state index in [1.807, 2.05) is 13.8 Å². The van der Waals surface area contributed by atoms with Crippen molar-refractivity contribution < 1.29 is 14.3 Å². The molecule has 0 saturated carbocycles. The molecule has 0 fully saturated rings. The predicted molar refractivity (Wildman–Crippen MR) is 82.4 cm³/mol. The maximum Gasteiger partial charge on any atom is 0.349 e. The molecular formula is C12H15Br2NO3S. The van der Waals surface area contributed by atoms with Crippen molar-refractivity contribution in [1.82, 2.24) is 5.32 Å². The van der Waals surface area contributed by atoms with Crippen LogP contribution in [0.15, 0.2) is 14.3 Å². The van der Waals surface area contributed by atoms with E-state index in [1.54, 1.807) is 13.0 Å². The maximum absolute atomic E-state index is 11.8. The van der Waals surface area contributed by atoms with Crippen LogP contribution in [0.3, 0.4) is 0 Å². The normalized spacial score (nSPS) is 12.3. The van der Waals surface area contributed by atoms with Crippen LogP contribution in [-0.4, -0.2) is 24.5 Å². The van der Waals surface area contributed by atoms with Crippen LogP contribution in [0.5, 0.6) is 0 Å². The van der Waals surface area contributed by atoms with Crippen molar-refractivity contribution in [2.75, 3.05) is 6.54 Å². The number of rotatable bonds is 5. The lowest BCUT2D eigenvalue weighted by Gasteiger charge is -2.13. The first kappa shape index (κ1) is 16.7. The Morgan fingerprint density at radius 3 is 2.47 bits per heavy atom. The topological polar surface area (TPSA) is 55.4 Å². The highest BCUT2D eigenvalue weighted by Gasteiger charge is 2.20. The van der Waals surface area contributed by atoms with Gasteiger partial charge in [-0.05, 0) is 50.8 Å². The molecule has 0 aliphatic carbocycles. The van der Waals surface area contributed by atoms with E-state index in [2.05, 4.69) is 37.2 Å². The number of hydrogen-bond acceptors (Lipinski definition) is 4. The fourth-order valence-corrected chi connectivity index (χ4v) is 3.09. The van der Waals surface area contributed by atoms with E-state index >= 15 is 0 Å². The molecule has 1 aromatic heterocycles. The van der Waals surface area contributed by atoms with Crippen LogP contribution < -0.4 is 5.32 Å². The van der Waals surface area contributed by atoms with Crippen molar-refractivity contribution in [3.63, 3.8) is 0 Å². The Hall–Kier alpha value is -0.400. The average Bonchev–Trinajstić information content (AvgIpc) is 2.66. The first-order valence-electron chi connectivity index (χ1n) is 5.74. The molecule has 0 aliphatic rings. The number of esters is 1. The summed E-state index contributed by atoms with van der Waals surface area (Å²) in [4.78, 5) is 24.0. The zero-order valence-electron chi connectivity index (χ0n) is 10.8. The maximum atomic E-state index is 11.8. The highest BCUT2D eigenvalue weighted by atomic mass is 79.9. The lowest BCUT2D eigenvalue weighted by Crippen LogP contribution is -2.37. The summed E-state index contributed by atoms with van der Waals surface area (Å²) in [5.74, 6) is -0.420. The minimum Gasteiger partial charge on any atom is -0.448 e. The van der Waals surface area contributed by atoms with Crippen LogP contribution in [0.4, 0.5) is 0 Å². The standard InChI is InChI=1S/C12H15Br2NO3S/c1-6(2)5-15-11(16)7(3)18-12(17)9-4-8(13)10(14)19-9/h4,6-7H,5H2,1-3H3,(H,15,16)/t7-/m0/s1. The molecular weight excluding hydrogens is 398 g/mol. The number of ether oxygens (including phenoxy) is 1. The van der Waals surface area contributed by atoms with Gasteiger partial charge in [0.25, 0.3) is 5.91 Å². The summed E-state index contributed by atoms with van der Waals surface area (Å²) in [6, 6.07) is 1.66. The fraction of sp³-hybridized carbons (Fsp3) is 0.500. The minimum absolute atomic E-state index is 0.281. The molecule has 106 valence electrons. The lowest BCUT2D eigenvalue weighted by molar-refractivity contribution is -0.129. The minimum atomic E-state index is -0.800. The summed E-state index contributed by atoms with van der Waals surface area (Å²) in [5, 5.41) is 2.72. The van der Waals surface area contributed by atoms with Gasteiger partial charge in [-0.3, -0.25) is 4.79 Å². The van der Waals surface area contributed by atoms with Crippen molar-refractivity contribution in [1.29, 1.82) is 0 Å². The lowest BCUT2D eigenvalue weighted by atomic mass is 10.2. The Morgan fingerprint density at radius 1 is 1.37 bits per heavy atom. The molecule has 0 aliphatic heterocycles. The van der Waals surface area contributed by atoms with Crippen LogP contribution in [0, 0.1) is 5.92 Å². The van der Waals surface area contributed by atoms with Gasteiger partial charge >= 0.3 is 5.97 Å². The molecule has 0 unspecified atom stereocenters. The quantitative estimate of drug-likeness (QED) is 0.751. The van der Waals surface area contributed by atoms with Crippen molar-refractivity contribution in [3.05, 3.63) is 19.2 Å². The zero-order chi connectivity index (χ0) is 14.6. The van der Waals surface area contributed by atoms with E-state index < -0.39 is 12.1 Å². The van der Waals surface area contributed by atoms with Crippen LogP contribution >= 0.6 is 43.2 Å². The molecule has 0 aromatic carbocycles. The Balaban J connectivity index is 2.54. The monoisotopic (exact) mass is 411 g/mol. The highest BCUT2D eigenvalue weighted by molar-refractivity contribution is 9.13. The molecule has 1 N–H and O–H groups in total. The molecule has 1 heterocycles. The number of amides is 1. The van der Waals surface area contributed by atoms with Gasteiger partial charge in [-0.1, -0.05) is 13.8 Å². The SMILES string of the molecule is CC(C)CNC(=O)[C@H](C)OC(=O)c1cc(Br)c(Br)s1. The molecule has 4 nitrogen and oxygen atoms in total. The van der Waals surface area contributed by atoms with Crippen molar-refractivity contribution >= 4 is 55.1 Å². The van der Waals surface area contributed by atoms with Crippen molar-refractivity contribution in [2.24, 2.45) is 5.92 Å². The summed E-state index contributed by atoms with van der Waals surface area (Å²) in [6.07, 6.45) is -0.800. The third-order valence-electron chi connectivity index (χ3n) is 2.18. The van der Waals surface area contributed by atoms with Gasteiger partial charge in [0.15, 0.2) is 6.10 Å². The van der Waals surface area contributed by atoms with Gasteiger partial charge in [-0.15, -0.1) is 11.3 Å². The van der Waals surface area contributed by atoms with Gasteiger partial charge in [0.05, 0.1) is 3.79 Å². The van der Waals surface area contributed by atoms with Gasteiger partial charge in [0.1, 0.15) is 4.88 Å². The van der Waals surface area contributed by atoms with Gasteiger partial charge in [-0.2, -0.15) is 0 Å². The Kier molecular flexibility index (Phi) is 6.49. The second kappa shape index (κ2) is 7.40. The number of carbonyl (C=O) groups is 2. The number of carbonyl (C=O) groups excluding carboxylic acids is 2. The Labute approximate surface area is 133 Å². The molecule has 0 bridgehead atoms. The molecule has 1 rings (SSSR count). The predicted octanol–water partition coefficient (Wildman–Crippen LogP) is 3.59. The fourth-order valence-electron chi connectivity index (χ4n) is 1.17. The van der Waals surface area contributed by atoms with Crippen LogP contribution in [0.25, 0.3) is 0 Å². The van der Waals surface area contributed by atoms with E-state index in [-0.39, 0.29) is 5.91 Å². The van der Waals surface area contributed by atoms with E-state index in [0.29, 0.717) is 17.3 Å². The number of nitrogens with one attached hydrogen (secondary N) is 1. The van der Waals surface area contributed by atoms with Gasteiger partial charge in [-0.25, -0.2) is 4.79 Å². The molecule has 1 aromatic rings. The summed E-state index contributed by atoms with van der Waals surface area (Å²) in [6.45, 7) is 6.12. The van der Waals surface area contributed by atoms with Gasteiger partial charge in [0, 0.05) is 11.0 Å². The number of hydrogen-bond donors (Lipinski definition) is 1. The van der Waals surface area contributed by atoms with Crippen molar-refractivity contribution in [3.8, 4) is 0 Å². The van der Waals surface area contributed by atoms with E-state index in [0.717, 1.165) is 8.26 Å². The smallest absolute Gasteiger partial charge is 0.349 e. The molecule has 0 saturated heterocycles. The number of halogens is 2. The summed E-state index contributed by atoms with van der Waals surface area (Å²) < 4.78 is 6.73. The molecule has 7 heteroatoms. The first-order chi connectivity index (χ1) is 8.81. The van der Waals surface area contributed by atoms with Crippen LogP contribution in [0.1, 0.15) is 30.4 Å². The summed E-state index contributed by atoms with van der Waals surface area (Å²) >= 11 is 7.86. The van der Waals surface area contributed by atoms with Gasteiger partial charge in [0.2, 0.25) is 0 Å². The molecule has 0 radical (unpaired) electrons. The third-order valence-corrected chi connectivity index (χ3v) is 5.42. The molecule has 1 atom stereocenters. The summed E-state index contributed by atoms with van der Waals surface area (Å²) in [5.41, 5.74) is 0. The Bertz CT molecular complexity index is 454. The second-order valence-electron chi connectivity index (χ2n) is 4.42. The van der Waals surface area contributed by atoms with Crippen LogP contribution in [-0.2, 0) is 9.53 Å². The zero-order valence-corrected chi connectivity index (χ0v) is 14.8. The number of thiophene rings is 1. The molecule has 19 heavy (non-hydrogen) atoms. The van der Waals surface area contributed by atoms with Crippen molar-refractivity contribution in [2.45, 2.75) is 26.9 Å². The summed E-state index contributed by atoms with van der Waals surface area (Å²) in [7, 11) is 0. The van der Waals surface area contributed by atoms with E-state index in [4.69, 9.17) is 4.74 Å². The third kappa shape index (κ3) is 5.24. The van der Waals surface area contributed by atoms with Crippen LogP contribution in [0.2, 0.25) is 0 Å². The largest absolute Gasteiger partial charge is 0.448 e. The first-order valence-corrected chi connectivity index (χ1v) is 8.15. The second-order valence-corrected chi connectivity index (χ2v) is 7.64. The molecule has 0 spiro atoms. The Morgan fingerprint density at radius 2 is 2.00 bits per heavy atom.